The van der Waals surface area contributed by atoms with Gasteiger partial charge in [0.15, 0.2) is 0 Å². The van der Waals surface area contributed by atoms with Crippen LogP contribution in [0.5, 0.6) is 0 Å². The Labute approximate surface area is 114 Å². The summed E-state index contributed by atoms with van der Waals surface area (Å²) in [5.41, 5.74) is 0. The van der Waals surface area contributed by atoms with Crippen molar-refractivity contribution in [3.8, 4) is 0 Å². The van der Waals surface area contributed by atoms with Gasteiger partial charge in [-0.1, -0.05) is 58.2 Å². The zero-order valence-electron chi connectivity index (χ0n) is 9.38. The molecule has 0 radical (unpaired) electrons. The molecule has 0 saturated heterocycles. The lowest BCUT2D eigenvalue weighted by molar-refractivity contribution is 0.947. The lowest BCUT2D eigenvalue weighted by atomic mass is 10.6. The second-order valence-corrected chi connectivity index (χ2v) is 41.4. The van der Waals surface area contributed by atoms with Crippen LogP contribution in [0.1, 0.15) is 40.0 Å². The Bertz CT molecular complexity index is 140. The number of hydrogen-bond donors (Lipinski definition) is 0. The molecule has 0 unspecified atom stereocenters. The van der Waals surface area contributed by atoms with Crippen LogP contribution in [-0.2, 0) is 0 Å². The van der Waals surface area contributed by atoms with Crippen LogP contribution in [0, 0.1) is 0 Å². The van der Waals surface area contributed by atoms with Gasteiger partial charge in [0.2, 0.25) is 0 Å². The molecule has 0 bridgehead atoms. The maximum Gasteiger partial charge on any atom is 0.254 e. The fraction of sp³-hybridized carbons (Fsp3) is 1.00. The van der Waals surface area contributed by atoms with Gasteiger partial charge in [0.1, 0.15) is 0 Å². The van der Waals surface area contributed by atoms with E-state index in [0.717, 1.165) is 0 Å². The number of rotatable bonds is 7. The lowest BCUT2D eigenvalue weighted by Crippen LogP contribution is -2.51. The van der Waals surface area contributed by atoms with Crippen molar-refractivity contribution in [2.45, 2.75) is 58.2 Å². The zero-order chi connectivity index (χ0) is 11.2. The van der Waals surface area contributed by atoms with Crippen molar-refractivity contribution >= 4 is 56.9 Å². The Hall–Kier alpha value is 1.87. The molecule has 0 spiro atoms. The molecule has 5 heteroatoms. The molecular weight excluding hydrogens is 404 g/mol. The van der Waals surface area contributed by atoms with Gasteiger partial charge in [-0.15, -0.1) is 45.9 Å². The van der Waals surface area contributed by atoms with Crippen molar-refractivity contribution in [3.63, 3.8) is 0 Å². The van der Waals surface area contributed by atoms with Crippen LogP contribution in [0.4, 0.5) is 0 Å². The van der Waals surface area contributed by atoms with E-state index in [1.165, 1.54) is 37.4 Å². The Morgan fingerprint density at radius 3 is 1.14 bits per heavy atom. The Kier molecular flexibility index (Phi) is 8.22. The Morgan fingerprint density at radius 1 is 0.714 bits per heavy atom. The number of hydrogen-bond acceptors (Lipinski definition) is 0. The van der Waals surface area contributed by atoms with E-state index in [4.69, 9.17) is 0 Å². The van der Waals surface area contributed by atoms with E-state index < -0.39 is 11.0 Å². The SMILES string of the molecule is CCC[Si](CCC)(CCC)[Si](Br)(Br)Br. The monoisotopic (exact) mass is 422 g/mol. The Balaban J connectivity index is 4.73. The van der Waals surface area contributed by atoms with Crippen LogP contribution < -0.4 is 0 Å². The molecule has 0 heterocycles. The molecule has 0 amide bonds. The highest BCUT2D eigenvalue weighted by Gasteiger charge is 2.48. The summed E-state index contributed by atoms with van der Waals surface area (Å²) in [4.78, 5) is 0. The largest absolute Gasteiger partial charge is 0.254 e. The first kappa shape index (κ1) is 15.9. The van der Waals surface area contributed by atoms with E-state index in [9.17, 15) is 0 Å². The second kappa shape index (κ2) is 7.25. The molecular formula is C9H21Br3Si2. The molecule has 0 fully saturated rings. The molecule has 0 aromatic heterocycles. The van der Waals surface area contributed by atoms with E-state index in [0.29, 0.717) is 0 Å². The van der Waals surface area contributed by atoms with E-state index in [1.54, 1.807) is 0 Å². The van der Waals surface area contributed by atoms with Gasteiger partial charge in [-0.05, 0) is 0 Å². The summed E-state index contributed by atoms with van der Waals surface area (Å²) in [6.07, 6.45) is 4.01. The van der Waals surface area contributed by atoms with Crippen LogP contribution >= 0.6 is 45.9 Å². The molecule has 0 aliphatic carbocycles. The van der Waals surface area contributed by atoms with Crippen molar-refractivity contribution in [2.75, 3.05) is 0 Å². The highest BCUT2D eigenvalue weighted by Crippen LogP contribution is 2.45. The summed E-state index contributed by atoms with van der Waals surface area (Å²) in [7, 11) is -1.11. The molecule has 86 valence electrons. The van der Waals surface area contributed by atoms with Crippen molar-refractivity contribution in [1.82, 2.24) is 0 Å². The third kappa shape index (κ3) is 4.39. The van der Waals surface area contributed by atoms with Crippen LogP contribution in [0.25, 0.3) is 0 Å². The molecule has 0 aliphatic heterocycles. The summed E-state index contributed by atoms with van der Waals surface area (Å²) >= 11 is 11.8. The summed E-state index contributed by atoms with van der Waals surface area (Å²) in [5.74, 6) is 0. The van der Waals surface area contributed by atoms with E-state index >= 15 is 0 Å². The van der Waals surface area contributed by atoms with Gasteiger partial charge in [-0.2, -0.15) is 0 Å². The van der Waals surface area contributed by atoms with Crippen LogP contribution in [0.3, 0.4) is 0 Å². The molecule has 0 aliphatic rings. The minimum absolute atomic E-state index is 1.11. The van der Waals surface area contributed by atoms with Crippen LogP contribution in [0.2, 0.25) is 18.1 Å². The van der Waals surface area contributed by atoms with Crippen LogP contribution in [0.15, 0.2) is 0 Å². The lowest BCUT2D eigenvalue weighted by Gasteiger charge is -2.37. The fourth-order valence-electron chi connectivity index (χ4n) is 2.24. The highest BCUT2D eigenvalue weighted by atomic mass is 80.0. The molecule has 0 saturated carbocycles. The van der Waals surface area contributed by atoms with Gasteiger partial charge in [-0.3, -0.25) is 0 Å². The van der Waals surface area contributed by atoms with Gasteiger partial charge in [0.05, 0.1) is 7.59 Å². The average molecular weight is 425 g/mol. The number of halogens is 3. The molecule has 0 N–H and O–H groups in total. The van der Waals surface area contributed by atoms with Gasteiger partial charge >= 0.3 is 0 Å². The third-order valence-electron chi connectivity index (χ3n) is 2.79. The Morgan fingerprint density at radius 2 is 1.00 bits per heavy atom. The van der Waals surface area contributed by atoms with E-state index in [1.807, 2.05) is 0 Å². The summed E-state index contributed by atoms with van der Waals surface area (Å²) in [6, 6.07) is 4.38. The van der Waals surface area contributed by atoms with Gasteiger partial charge in [0.25, 0.3) is 3.45 Å². The molecule has 0 rings (SSSR count). The molecule has 0 aromatic rings. The van der Waals surface area contributed by atoms with Crippen molar-refractivity contribution in [1.29, 1.82) is 0 Å². The molecule has 0 atom stereocenters. The van der Waals surface area contributed by atoms with Gasteiger partial charge in [0, 0.05) is 0 Å². The smallest absolute Gasteiger partial charge is 0.100 e. The minimum atomic E-state index is -1.42. The zero-order valence-corrected chi connectivity index (χ0v) is 16.1. The van der Waals surface area contributed by atoms with Crippen LogP contribution in [-0.4, -0.2) is 11.0 Å². The minimum Gasteiger partial charge on any atom is -0.100 e. The summed E-state index contributed by atoms with van der Waals surface area (Å²) < 4.78 is -1.42. The van der Waals surface area contributed by atoms with Crippen molar-refractivity contribution < 1.29 is 0 Å². The van der Waals surface area contributed by atoms with E-state index in [-0.39, 0.29) is 0 Å². The maximum atomic E-state index is 3.94. The fourth-order valence-corrected chi connectivity index (χ4v) is 27.6. The topological polar surface area (TPSA) is 0 Å². The predicted molar refractivity (Wildman–Crippen MR) is 83.6 cm³/mol. The first-order valence-electron chi connectivity index (χ1n) is 5.50. The summed E-state index contributed by atoms with van der Waals surface area (Å²) in [5, 5.41) is 0. The second-order valence-electron chi connectivity index (χ2n) is 4.03. The normalized spacial score (nSPS) is 13.3. The average Bonchev–Trinajstić information content (AvgIpc) is 2.03. The van der Waals surface area contributed by atoms with Gasteiger partial charge in [-0.25, -0.2) is 0 Å². The quantitative estimate of drug-likeness (QED) is 0.354. The molecule has 14 heavy (non-hydrogen) atoms. The first-order valence-corrected chi connectivity index (χ1v) is 17.9. The van der Waals surface area contributed by atoms with Crippen molar-refractivity contribution in [2.24, 2.45) is 0 Å². The highest BCUT2D eigenvalue weighted by molar-refractivity contribution is 9.74. The third-order valence-corrected chi connectivity index (χ3v) is 36.9. The molecule has 0 aromatic carbocycles. The molecule has 0 nitrogen and oxygen atoms in total. The van der Waals surface area contributed by atoms with Crippen molar-refractivity contribution in [3.05, 3.63) is 0 Å². The van der Waals surface area contributed by atoms with E-state index in [2.05, 4.69) is 66.6 Å². The maximum absolute atomic E-state index is 3.94. The first-order chi connectivity index (χ1) is 6.43. The standard InChI is InChI=1S/C9H21Br3Si2/c1-4-7-13(8-5-2,9-6-3)14(10,11)12/h4-9H2,1-3H3. The van der Waals surface area contributed by atoms with Gasteiger partial charge < -0.3 is 0 Å². The summed E-state index contributed by atoms with van der Waals surface area (Å²) in [6.45, 7) is 6.96. The predicted octanol–water partition coefficient (Wildman–Crippen LogP) is 5.87.